The summed E-state index contributed by atoms with van der Waals surface area (Å²) in [5.41, 5.74) is 3.62. The monoisotopic (exact) mass is 461 g/mol. The highest BCUT2D eigenvalue weighted by Crippen LogP contribution is 2.30. The number of hydrogen-bond acceptors (Lipinski definition) is 5. The van der Waals surface area contributed by atoms with Crippen LogP contribution in [0.1, 0.15) is 16.8 Å². The fourth-order valence-electron chi connectivity index (χ4n) is 4.33. The molecular formula is C26H28FN5O2. The number of nitrogens with one attached hydrogen (secondary N) is 1. The Kier molecular flexibility index (Phi) is 6.85. The number of aromatic nitrogens is 1. The lowest BCUT2D eigenvalue weighted by atomic mass is 10.2. The third kappa shape index (κ3) is 4.75. The summed E-state index contributed by atoms with van der Waals surface area (Å²) in [5.74, 6) is 0.618. The number of carbonyl (C=O) groups excluding carboxylic acids is 1. The van der Waals surface area contributed by atoms with Gasteiger partial charge in [0.05, 0.1) is 24.9 Å². The molecule has 0 saturated carbocycles. The predicted octanol–water partition coefficient (Wildman–Crippen LogP) is 3.87. The van der Waals surface area contributed by atoms with Crippen LogP contribution in [0.5, 0.6) is 5.75 Å². The van der Waals surface area contributed by atoms with Gasteiger partial charge in [-0.1, -0.05) is 6.07 Å². The van der Waals surface area contributed by atoms with Crippen molar-refractivity contribution in [3.63, 3.8) is 0 Å². The fourth-order valence-corrected chi connectivity index (χ4v) is 4.33. The summed E-state index contributed by atoms with van der Waals surface area (Å²) in [4.78, 5) is 17.3. The fraction of sp³-hybridized carbons (Fsp3) is 0.308. The molecule has 1 aliphatic heterocycles. The first-order chi connectivity index (χ1) is 16.4. The van der Waals surface area contributed by atoms with E-state index in [-0.39, 0.29) is 18.3 Å². The maximum atomic E-state index is 13.9. The van der Waals surface area contributed by atoms with Crippen molar-refractivity contribution in [1.29, 1.82) is 5.26 Å². The van der Waals surface area contributed by atoms with Gasteiger partial charge >= 0.3 is 0 Å². The minimum atomic E-state index is -0.381. The molecule has 4 rings (SSSR count). The molecule has 1 N–H and O–H groups in total. The summed E-state index contributed by atoms with van der Waals surface area (Å²) in [6.45, 7) is 7.00. The Morgan fingerprint density at radius 2 is 1.79 bits per heavy atom. The highest BCUT2D eigenvalue weighted by atomic mass is 19.1. The smallest absolute Gasteiger partial charge is 0.239 e. The Labute approximate surface area is 199 Å². The number of benzene rings is 2. The number of nitrogens with zero attached hydrogens (tertiary/aromatic N) is 4. The summed E-state index contributed by atoms with van der Waals surface area (Å²) in [6, 6.07) is 16.3. The Hall–Kier alpha value is -3.83. The van der Waals surface area contributed by atoms with Crippen molar-refractivity contribution in [1.82, 2.24) is 9.47 Å². The molecule has 0 bridgehead atoms. The average molecular weight is 462 g/mol. The van der Waals surface area contributed by atoms with E-state index in [1.165, 1.54) is 12.1 Å². The minimum Gasteiger partial charge on any atom is -0.497 e. The maximum absolute atomic E-state index is 13.9. The largest absolute Gasteiger partial charge is 0.497 e. The van der Waals surface area contributed by atoms with Crippen molar-refractivity contribution < 1.29 is 13.9 Å². The molecule has 176 valence electrons. The number of nitriles is 1. The molecule has 7 nitrogen and oxygen atoms in total. The molecule has 34 heavy (non-hydrogen) atoms. The van der Waals surface area contributed by atoms with Crippen LogP contribution in [-0.2, 0) is 4.79 Å². The molecule has 0 unspecified atom stereocenters. The van der Waals surface area contributed by atoms with Crippen molar-refractivity contribution in [3.05, 3.63) is 71.2 Å². The molecule has 2 heterocycles. The van der Waals surface area contributed by atoms with E-state index in [9.17, 15) is 14.4 Å². The van der Waals surface area contributed by atoms with Crippen molar-refractivity contribution in [2.24, 2.45) is 0 Å². The molecule has 0 atom stereocenters. The van der Waals surface area contributed by atoms with Crippen LogP contribution in [0.3, 0.4) is 0 Å². The topological polar surface area (TPSA) is 73.5 Å². The van der Waals surface area contributed by atoms with E-state index in [0.717, 1.165) is 48.9 Å². The van der Waals surface area contributed by atoms with Crippen LogP contribution >= 0.6 is 0 Å². The zero-order valence-corrected chi connectivity index (χ0v) is 19.6. The molecular weight excluding hydrogens is 433 g/mol. The van der Waals surface area contributed by atoms with E-state index in [4.69, 9.17) is 4.74 Å². The lowest BCUT2D eigenvalue weighted by molar-refractivity contribution is -0.117. The molecule has 1 saturated heterocycles. The van der Waals surface area contributed by atoms with Gasteiger partial charge in [0.25, 0.3) is 0 Å². The van der Waals surface area contributed by atoms with Crippen LogP contribution in [-0.4, -0.2) is 55.2 Å². The predicted molar refractivity (Wildman–Crippen MR) is 130 cm³/mol. The van der Waals surface area contributed by atoms with E-state index in [0.29, 0.717) is 17.1 Å². The van der Waals surface area contributed by atoms with Crippen molar-refractivity contribution in [3.8, 4) is 17.5 Å². The number of rotatable bonds is 6. The van der Waals surface area contributed by atoms with Crippen molar-refractivity contribution in [2.75, 3.05) is 50.1 Å². The number of piperazine rings is 1. The molecule has 8 heteroatoms. The average Bonchev–Trinajstić information content (AvgIpc) is 3.08. The first-order valence-electron chi connectivity index (χ1n) is 11.2. The Morgan fingerprint density at radius 3 is 2.41 bits per heavy atom. The second-order valence-electron chi connectivity index (χ2n) is 8.37. The van der Waals surface area contributed by atoms with Gasteiger partial charge in [-0.25, -0.2) is 4.39 Å². The summed E-state index contributed by atoms with van der Waals surface area (Å²) in [7, 11) is 1.65. The lowest BCUT2D eigenvalue weighted by Crippen LogP contribution is -2.48. The summed E-state index contributed by atoms with van der Waals surface area (Å²) in [5, 5.41) is 12.7. The van der Waals surface area contributed by atoms with Gasteiger partial charge in [-0.15, -0.1) is 0 Å². The van der Waals surface area contributed by atoms with E-state index < -0.39 is 0 Å². The van der Waals surface area contributed by atoms with E-state index in [1.807, 2.05) is 38.1 Å². The van der Waals surface area contributed by atoms with Gasteiger partial charge in [-0.2, -0.15) is 5.26 Å². The Morgan fingerprint density at radius 1 is 1.09 bits per heavy atom. The maximum Gasteiger partial charge on any atom is 0.239 e. The second-order valence-corrected chi connectivity index (χ2v) is 8.37. The SMILES string of the molecule is COc1ccc(N2CCN(CC(=O)Nc3c(C#N)c(C)c(C)n3-c3cccc(F)c3)CC2)cc1. The van der Waals surface area contributed by atoms with E-state index in [2.05, 4.69) is 21.2 Å². The third-order valence-electron chi connectivity index (χ3n) is 6.33. The number of anilines is 2. The zero-order chi connectivity index (χ0) is 24.2. The highest BCUT2D eigenvalue weighted by molar-refractivity contribution is 5.93. The van der Waals surface area contributed by atoms with Gasteiger partial charge in [-0.05, 0) is 61.9 Å². The van der Waals surface area contributed by atoms with Gasteiger partial charge < -0.3 is 15.0 Å². The normalized spacial score (nSPS) is 14.0. The first-order valence-corrected chi connectivity index (χ1v) is 11.2. The minimum absolute atomic E-state index is 0.204. The molecule has 0 radical (unpaired) electrons. The zero-order valence-electron chi connectivity index (χ0n) is 19.6. The number of amides is 1. The first kappa shape index (κ1) is 23.3. The van der Waals surface area contributed by atoms with E-state index in [1.54, 1.807) is 23.8 Å². The molecule has 1 fully saturated rings. The quantitative estimate of drug-likeness (QED) is 0.603. The van der Waals surface area contributed by atoms with Crippen LogP contribution in [0.25, 0.3) is 5.69 Å². The van der Waals surface area contributed by atoms with Crippen LogP contribution in [0.4, 0.5) is 15.9 Å². The number of halogens is 1. The molecule has 3 aromatic rings. The van der Waals surface area contributed by atoms with Crippen molar-refractivity contribution in [2.45, 2.75) is 13.8 Å². The summed E-state index contributed by atoms with van der Waals surface area (Å²) in [6.07, 6.45) is 0. The lowest BCUT2D eigenvalue weighted by Gasteiger charge is -2.35. The van der Waals surface area contributed by atoms with Gasteiger partial charge in [0.15, 0.2) is 0 Å². The number of hydrogen-bond donors (Lipinski definition) is 1. The second kappa shape index (κ2) is 9.98. The van der Waals surface area contributed by atoms with Gasteiger partial charge in [0.2, 0.25) is 5.91 Å². The third-order valence-corrected chi connectivity index (χ3v) is 6.33. The van der Waals surface area contributed by atoms with E-state index >= 15 is 0 Å². The molecule has 1 amide bonds. The molecule has 0 spiro atoms. The highest BCUT2D eigenvalue weighted by Gasteiger charge is 2.23. The summed E-state index contributed by atoms with van der Waals surface area (Å²) >= 11 is 0. The van der Waals surface area contributed by atoms with Crippen LogP contribution in [0, 0.1) is 31.0 Å². The Bertz CT molecular complexity index is 1220. The molecule has 1 aliphatic rings. The number of ether oxygens (including phenoxy) is 1. The number of carbonyl (C=O) groups is 1. The standard InChI is InChI=1S/C26H28FN5O2/c1-18-19(2)32(22-6-4-5-20(27)15-22)26(24(18)16-28)29-25(33)17-30-11-13-31(14-12-30)21-7-9-23(34-3)10-8-21/h4-10,15H,11-14,17H2,1-3H3,(H,29,33). The van der Waals surface area contributed by atoms with Crippen molar-refractivity contribution >= 4 is 17.4 Å². The van der Waals surface area contributed by atoms with Crippen LogP contribution in [0.15, 0.2) is 48.5 Å². The summed E-state index contributed by atoms with van der Waals surface area (Å²) < 4.78 is 20.8. The van der Waals surface area contributed by atoms with Gasteiger partial charge in [0, 0.05) is 37.6 Å². The molecule has 2 aromatic carbocycles. The van der Waals surface area contributed by atoms with Crippen LogP contribution < -0.4 is 15.0 Å². The number of methoxy groups -OCH3 is 1. The van der Waals surface area contributed by atoms with Gasteiger partial charge in [0.1, 0.15) is 23.5 Å². The molecule has 1 aromatic heterocycles. The van der Waals surface area contributed by atoms with Crippen LogP contribution in [0.2, 0.25) is 0 Å². The molecule has 0 aliphatic carbocycles. The Balaban J connectivity index is 1.44. The van der Waals surface area contributed by atoms with Gasteiger partial charge in [-0.3, -0.25) is 14.3 Å².